The average molecular weight is 257 g/mol. The van der Waals surface area contributed by atoms with Crippen LogP contribution in [0.2, 0.25) is 0 Å². The Morgan fingerprint density at radius 2 is 1.95 bits per heavy atom. The van der Waals surface area contributed by atoms with Crippen molar-refractivity contribution in [2.24, 2.45) is 5.92 Å². The van der Waals surface area contributed by atoms with Gasteiger partial charge < -0.3 is 5.32 Å². The standard InChI is InChI=1S/C14H19N5/c1-11-7-5-6-10-13(11)15-14-16-17-18-19(14)12-8-3-2-4-9-12/h2-4,8-9,11,13H,5-7,10H2,1H3,(H,15,16,18)/t11-,13+/m1/s1. The Kier molecular flexibility index (Phi) is 3.44. The van der Waals surface area contributed by atoms with Gasteiger partial charge in [0.1, 0.15) is 0 Å². The molecule has 1 aliphatic rings. The van der Waals surface area contributed by atoms with Crippen LogP contribution in [-0.4, -0.2) is 26.2 Å². The molecule has 0 saturated heterocycles. The van der Waals surface area contributed by atoms with Crippen molar-refractivity contribution < 1.29 is 0 Å². The highest BCUT2D eigenvalue weighted by Gasteiger charge is 2.23. The molecule has 1 aromatic carbocycles. The van der Waals surface area contributed by atoms with E-state index in [-0.39, 0.29) is 0 Å². The summed E-state index contributed by atoms with van der Waals surface area (Å²) in [6.07, 6.45) is 5.10. The molecule has 1 aliphatic carbocycles. The van der Waals surface area contributed by atoms with Crippen LogP contribution in [0.15, 0.2) is 30.3 Å². The first kappa shape index (κ1) is 12.1. The molecule has 5 heteroatoms. The highest BCUT2D eigenvalue weighted by molar-refractivity contribution is 5.39. The average Bonchev–Trinajstić information content (AvgIpc) is 2.91. The third kappa shape index (κ3) is 2.59. The van der Waals surface area contributed by atoms with Gasteiger partial charge in [-0.05, 0) is 41.3 Å². The van der Waals surface area contributed by atoms with Crippen LogP contribution < -0.4 is 5.32 Å². The molecule has 2 aromatic rings. The van der Waals surface area contributed by atoms with Crippen molar-refractivity contribution in [2.45, 2.75) is 38.6 Å². The van der Waals surface area contributed by atoms with E-state index in [1.807, 2.05) is 30.3 Å². The molecule has 0 spiro atoms. The number of hydrogen-bond donors (Lipinski definition) is 1. The van der Waals surface area contributed by atoms with Crippen LogP contribution in [0.5, 0.6) is 0 Å². The number of benzene rings is 1. The van der Waals surface area contributed by atoms with Gasteiger partial charge in [-0.25, -0.2) is 0 Å². The van der Waals surface area contributed by atoms with Crippen LogP contribution in [0.25, 0.3) is 5.69 Å². The maximum atomic E-state index is 4.11. The van der Waals surface area contributed by atoms with Gasteiger partial charge in [-0.3, -0.25) is 0 Å². The van der Waals surface area contributed by atoms with E-state index in [1.54, 1.807) is 4.68 Å². The van der Waals surface area contributed by atoms with Gasteiger partial charge in [0.2, 0.25) is 5.95 Å². The van der Waals surface area contributed by atoms with Gasteiger partial charge in [0, 0.05) is 6.04 Å². The predicted molar refractivity (Wildman–Crippen MR) is 74.2 cm³/mol. The van der Waals surface area contributed by atoms with Gasteiger partial charge in [0.25, 0.3) is 0 Å². The number of tetrazole rings is 1. The fraction of sp³-hybridized carbons (Fsp3) is 0.500. The summed E-state index contributed by atoms with van der Waals surface area (Å²) in [4.78, 5) is 0. The Labute approximate surface area is 113 Å². The molecule has 1 fully saturated rings. The van der Waals surface area contributed by atoms with Crippen molar-refractivity contribution >= 4 is 5.95 Å². The Hall–Kier alpha value is -1.91. The topological polar surface area (TPSA) is 55.6 Å². The second-order valence-corrected chi connectivity index (χ2v) is 5.26. The fourth-order valence-corrected chi connectivity index (χ4v) is 2.72. The third-order valence-corrected chi connectivity index (χ3v) is 3.90. The lowest BCUT2D eigenvalue weighted by Crippen LogP contribution is -2.31. The molecule has 1 aromatic heterocycles. The minimum Gasteiger partial charge on any atom is -0.350 e. The number of anilines is 1. The lowest BCUT2D eigenvalue weighted by Gasteiger charge is -2.29. The number of aromatic nitrogens is 4. The normalized spacial score (nSPS) is 23.2. The van der Waals surface area contributed by atoms with Crippen LogP contribution in [0, 0.1) is 5.92 Å². The molecule has 19 heavy (non-hydrogen) atoms. The van der Waals surface area contributed by atoms with Crippen molar-refractivity contribution in [1.82, 2.24) is 20.2 Å². The molecule has 5 nitrogen and oxygen atoms in total. The molecule has 1 heterocycles. The zero-order valence-corrected chi connectivity index (χ0v) is 11.2. The highest BCUT2D eigenvalue weighted by atomic mass is 15.6. The minimum atomic E-state index is 0.474. The summed E-state index contributed by atoms with van der Waals surface area (Å²) in [6, 6.07) is 10.5. The van der Waals surface area contributed by atoms with E-state index < -0.39 is 0 Å². The first-order valence-corrected chi connectivity index (χ1v) is 6.95. The number of rotatable bonds is 3. The summed E-state index contributed by atoms with van der Waals surface area (Å²) in [6.45, 7) is 2.30. The molecular formula is C14H19N5. The molecular weight excluding hydrogens is 238 g/mol. The molecule has 1 N–H and O–H groups in total. The third-order valence-electron chi connectivity index (χ3n) is 3.90. The van der Waals surface area contributed by atoms with Crippen LogP contribution in [0.1, 0.15) is 32.6 Å². The van der Waals surface area contributed by atoms with Crippen molar-refractivity contribution in [3.63, 3.8) is 0 Å². The largest absolute Gasteiger partial charge is 0.350 e. The second kappa shape index (κ2) is 5.38. The Bertz CT molecular complexity index is 522. The fourth-order valence-electron chi connectivity index (χ4n) is 2.72. The number of para-hydroxylation sites is 1. The Morgan fingerprint density at radius 3 is 2.74 bits per heavy atom. The molecule has 0 unspecified atom stereocenters. The van der Waals surface area contributed by atoms with Crippen LogP contribution in [0.3, 0.4) is 0 Å². The SMILES string of the molecule is C[C@@H]1CCCC[C@@H]1Nc1nnnn1-c1ccccc1. The number of nitrogens with one attached hydrogen (secondary N) is 1. The summed E-state index contributed by atoms with van der Waals surface area (Å²) in [5, 5.41) is 15.5. The summed E-state index contributed by atoms with van der Waals surface area (Å²) in [5.41, 5.74) is 0.985. The molecule has 0 amide bonds. The van der Waals surface area contributed by atoms with E-state index in [2.05, 4.69) is 27.8 Å². The Balaban J connectivity index is 1.81. The van der Waals surface area contributed by atoms with Crippen molar-refractivity contribution in [2.75, 3.05) is 5.32 Å². The maximum Gasteiger partial charge on any atom is 0.247 e. The van der Waals surface area contributed by atoms with Crippen LogP contribution in [-0.2, 0) is 0 Å². The molecule has 0 aliphatic heterocycles. The van der Waals surface area contributed by atoms with E-state index >= 15 is 0 Å². The highest BCUT2D eigenvalue weighted by Crippen LogP contribution is 2.26. The van der Waals surface area contributed by atoms with Gasteiger partial charge >= 0.3 is 0 Å². The molecule has 1 saturated carbocycles. The van der Waals surface area contributed by atoms with Gasteiger partial charge in [0.05, 0.1) is 5.69 Å². The van der Waals surface area contributed by atoms with E-state index in [9.17, 15) is 0 Å². The first-order valence-electron chi connectivity index (χ1n) is 6.95. The maximum absolute atomic E-state index is 4.11. The predicted octanol–water partition coefficient (Wildman–Crippen LogP) is 2.65. The lowest BCUT2D eigenvalue weighted by molar-refractivity contribution is 0.348. The molecule has 3 rings (SSSR count). The molecule has 0 radical (unpaired) electrons. The lowest BCUT2D eigenvalue weighted by atomic mass is 9.86. The van der Waals surface area contributed by atoms with Crippen molar-refractivity contribution in [3.05, 3.63) is 30.3 Å². The molecule has 2 atom stereocenters. The van der Waals surface area contributed by atoms with E-state index in [1.165, 1.54) is 25.7 Å². The number of nitrogens with zero attached hydrogens (tertiary/aromatic N) is 4. The van der Waals surface area contributed by atoms with Crippen molar-refractivity contribution in [1.29, 1.82) is 0 Å². The van der Waals surface area contributed by atoms with E-state index in [0.717, 1.165) is 11.6 Å². The second-order valence-electron chi connectivity index (χ2n) is 5.26. The van der Waals surface area contributed by atoms with Gasteiger partial charge in [0.15, 0.2) is 0 Å². The van der Waals surface area contributed by atoms with Gasteiger partial charge in [-0.1, -0.05) is 43.1 Å². The Morgan fingerprint density at radius 1 is 1.16 bits per heavy atom. The van der Waals surface area contributed by atoms with Crippen LogP contribution in [0.4, 0.5) is 5.95 Å². The number of hydrogen-bond acceptors (Lipinski definition) is 4. The zero-order chi connectivity index (χ0) is 13.1. The zero-order valence-electron chi connectivity index (χ0n) is 11.2. The smallest absolute Gasteiger partial charge is 0.247 e. The monoisotopic (exact) mass is 257 g/mol. The summed E-state index contributed by atoms with van der Waals surface area (Å²) < 4.78 is 1.77. The van der Waals surface area contributed by atoms with Crippen molar-refractivity contribution in [3.8, 4) is 5.69 Å². The van der Waals surface area contributed by atoms with Gasteiger partial charge in [-0.2, -0.15) is 4.68 Å². The quantitative estimate of drug-likeness (QED) is 0.918. The molecule has 100 valence electrons. The molecule has 0 bridgehead atoms. The van der Waals surface area contributed by atoms with Crippen LogP contribution >= 0.6 is 0 Å². The van der Waals surface area contributed by atoms with E-state index in [0.29, 0.717) is 12.0 Å². The summed E-state index contributed by atoms with van der Waals surface area (Å²) in [5.74, 6) is 1.42. The minimum absolute atomic E-state index is 0.474. The van der Waals surface area contributed by atoms with E-state index in [4.69, 9.17) is 0 Å². The summed E-state index contributed by atoms with van der Waals surface area (Å²) in [7, 11) is 0. The first-order chi connectivity index (χ1) is 9.34. The summed E-state index contributed by atoms with van der Waals surface area (Å²) >= 11 is 0. The van der Waals surface area contributed by atoms with Gasteiger partial charge in [-0.15, -0.1) is 0 Å².